The van der Waals surface area contributed by atoms with Gasteiger partial charge in [0.15, 0.2) is 0 Å². The molecule has 0 aromatic heterocycles. The number of ether oxygens (including phenoxy) is 1. The first-order valence-corrected chi connectivity index (χ1v) is 7.29. The third-order valence-corrected chi connectivity index (χ3v) is 3.22. The molecule has 2 amide bonds. The minimum absolute atomic E-state index is 0.0676. The van der Waals surface area contributed by atoms with Gasteiger partial charge in [-0.3, -0.25) is 9.59 Å². The summed E-state index contributed by atoms with van der Waals surface area (Å²) < 4.78 is 18.8. The van der Waals surface area contributed by atoms with Gasteiger partial charge in [0.25, 0.3) is 5.91 Å². The molecule has 0 aliphatic carbocycles. The lowest BCUT2D eigenvalue weighted by atomic mass is 10.2. The number of nitrogens with two attached hydrogens (primary N) is 1. The lowest BCUT2D eigenvalue weighted by molar-refractivity contribution is -0.116. The molecule has 24 heavy (non-hydrogen) atoms. The van der Waals surface area contributed by atoms with Gasteiger partial charge in [0, 0.05) is 18.7 Å². The van der Waals surface area contributed by atoms with Gasteiger partial charge in [0.1, 0.15) is 11.6 Å². The molecule has 0 fully saturated rings. The Morgan fingerprint density at radius 1 is 1.17 bits per heavy atom. The Morgan fingerprint density at radius 3 is 2.58 bits per heavy atom. The van der Waals surface area contributed by atoms with E-state index >= 15 is 0 Å². The highest BCUT2D eigenvalue weighted by Gasteiger charge is 2.13. The third kappa shape index (κ3) is 4.30. The van der Waals surface area contributed by atoms with Crippen LogP contribution in [0.25, 0.3) is 0 Å². The Bertz CT molecular complexity index is 750. The number of halogens is 1. The summed E-state index contributed by atoms with van der Waals surface area (Å²) >= 11 is 0. The van der Waals surface area contributed by atoms with E-state index in [1.807, 2.05) is 0 Å². The fourth-order valence-corrected chi connectivity index (χ4v) is 2.07. The summed E-state index contributed by atoms with van der Waals surface area (Å²) in [6.07, 6.45) is 0.162. The predicted octanol–water partition coefficient (Wildman–Crippen LogP) is 2.37. The Hall–Kier alpha value is -2.93. The molecular weight excluding hydrogens is 313 g/mol. The summed E-state index contributed by atoms with van der Waals surface area (Å²) in [5.41, 5.74) is 6.06. The van der Waals surface area contributed by atoms with E-state index in [1.54, 1.807) is 18.2 Å². The molecule has 0 spiro atoms. The van der Waals surface area contributed by atoms with Gasteiger partial charge in [-0.05, 0) is 30.3 Å². The van der Waals surface area contributed by atoms with Crippen molar-refractivity contribution in [2.24, 2.45) is 5.73 Å². The summed E-state index contributed by atoms with van der Waals surface area (Å²) in [5, 5.41) is 5.24. The minimum Gasteiger partial charge on any atom is -0.495 e. The van der Waals surface area contributed by atoms with E-state index in [2.05, 4.69) is 10.6 Å². The topological polar surface area (TPSA) is 93.5 Å². The summed E-state index contributed by atoms with van der Waals surface area (Å²) in [6, 6.07) is 10.4. The van der Waals surface area contributed by atoms with Crippen LogP contribution < -0.4 is 21.1 Å². The Morgan fingerprint density at radius 2 is 1.92 bits per heavy atom. The molecule has 0 atom stereocenters. The van der Waals surface area contributed by atoms with Crippen LogP contribution in [0.3, 0.4) is 0 Å². The lowest BCUT2D eigenvalue weighted by Gasteiger charge is -2.13. The maximum absolute atomic E-state index is 13.6. The van der Waals surface area contributed by atoms with E-state index in [1.165, 1.54) is 31.4 Å². The molecule has 2 aromatic rings. The predicted molar refractivity (Wildman–Crippen MR) is 89.6 cm³/mol. The fourth-order valence-electron chi connectivity index (χ4n) is 2.07. The highest BCUT2D eigenvalue weighted by molar-refractivity contribution is 6.05. The molecule has 7 heteroatoms. The molecule has 4 N–H and O–H groups in total. The quantitative estimate of drug-likeness (QED) is 0.757. The molecule has 0 heterocycles. The van der Waals surface area contributed by atoms with E-state index in [4.69, 9.17) is 10.5 Å². The minimum atomic E-state index is -0.611. The molecular formula is C17H18FN3O3. The molecule has 2 rings (SSSR count). The number of methoxy groups -OCH3 is 1. The van der Waals surface area contributed by atoms with E-state index in [0.29, 0.717) is 17.1 Å². The number of benzene rings is 2. The van der Waals surface area contributed by atoms with Crippen LogP contribution in [-0.4, -0.2) is 25.5 Å². The molecule has 0 aliphatic heterocycles. The molecule has 0 saturated heterocycles. The molecule has 0 radical (unpaired) electrons. The largest absolute Gasteiger partial charge is 0.495 e. The van der Waals surface area contributed by atoms with Crippen LogP contribution in [-0.2, 0) is 4.79 Å². The number of nitrogens with one attached hydrogen (secondary N) is 2. The number of carbonyl (C=O) groups is 2. The Kier molecular flexibility index (Phi) is 5.86. The number of hydrogen-bond acceptors (Lipinski definition) is 4. The summed E-state index contributed by atoms with van der Waals surface area (Å²) in [4.78, 5) is 23.8. The van der Waals surface area contributed by atoms with E-state index in [9.17, 15) is 14.0 Å². The van der Waals surface area contributed by atoms with Crippen molar-refractivity contribution in [3.05, 3.63) is 53.8 Å². The number of amides is 2. The zero-order valence-corrected chi connectivity index (χ0v) is 13.1. The van der Waals surface area contributed by atoms with Gasteiger partial charge in [-0.25, -0.2) is 4.39 Å². The van der Waals surface area contributed by atoms with Crippen LogP contribution in [0.5, 0.6) is 5.75 Å². The van der Waals surface area contributed by atoms with Gasteiger partial charge in [-0.15, -0.1) is 0 Å². The van der Waals surface area contributed by atoms with Gasteiger partial charge >= 0.3 is 0 Å². The third-order valence-electron chi connectivity index (χ3n) is 3.22. The van der Waals surface area contributed by atoms with E-state index in [-0.39, 0.29) is 24.4 Å². The molecule has 2 aromatic carbocycles. The second kappa shape index (κ2) is 8.07. The normalized spacial score (nSPS) is 10.1. The average Bonchev–Trinajstić information content (AvgIpc) is 2.55. The second-order valence-electron chi connectivity index (χ2n) is 4.94. The Labute approximate surface area is 138 Å². The van der Waals surface area contributed by atoms with E-state index in [0.717, 1.165) is 0 Å². The van der Waals surface area contributed by atoms with Crippen molar-refractivity contribution in [2.45, 2.75) is 6.42 Å². The zero-order valence-electron chi connectivity index (χ0n) is 13.1. The smallest absolute Gasteiger partial charge is 0.258 e. The van der Waals surface area contributed by atoms with Gasteiger partial charge in [-0.1, -0.05) is 12.1 Å². The monoisotopic (exact) mass is 331 g/mol. The summed E-state index contributed by atoms with van der Waals surface area (Å²) in [7, 11) is 1.46. The molecule has 0 unspecified atom stereocenters. The van der Waals surface area contributed by atoms with Gasteiger partial charge < -0.3 is 21.1 Å². The number of anilines is 2. The molecule has 0 aliphatic rings. The van der Waals surface area contributed by atoms with Crippen LogP contribution in [0.15, 0.2) is 42.5 Å². The van der Waals surface area contributed by atoms with Crippen molar-refractivity contribution in [3.8, 4) is 5.75 Å². The van der Waals surface area contributed by atoms with Crippen LogP contribution in [0.4, 0.5) is 15.8 Å². The van der Waals surface area contributed by atoms with Crippen molar-refractivity contribution in [3.63, 3.8) is 0 Å². The van der Waals surface area contributed by atoms with Crippen molar-refractivity contribution in [1.82, 2.24) is 0 Å². The van der Waals surface area contributed by atoms with Gasteiger partial charge in [-0.2, -0.15) is 0 Å². The van der Waals surface area contributed by atoms with Crippen molar-refractivity contribution in [2.75, 3.05) is 24.3 Å². The van der Waals surface area contributed by atoms with E-state index < -0.39 is 11.7 Å². The molecule has 0 bridgehead atoms. The van der Waals surface area contributed by atoms with Crippen LogP contribution >= 0.6 is 0 Å². The first-order chi connectivity index (χ1) is 11.5. The number of hydrogen-bond donors (Lipinski definition) is 3. The second-order valence-corrected chi connectivity index (χ2v) is 4.94. The zero-order chi connectivity index (χ0) is 17.5. The van der Waals surface area contributed by atoms with Crippen molar-refractivity contribution >= 4 is 23.2 Å². The average molecular weight is 331 g/mol. The first-order valence-electron chi connectivity index (χ1n) is 7.29. The van der Waals surface area contributed by atoms with Crippen molar-refractivity contribution < 1.29 is 18.7 Å². The summed E-state index contributed by atoms with van der Waals surface area (Å²) in [6.45, 7) is 0.220. The lowest BCUT2D eigenvalue weighted by Crippen LogP contribution is -2.17. The standard InChI is InChI=1S/C17H18FN3O3/c1-24-15-7-6-11(10-14(15)21-16(22)8-9-19)20-17(23)12-4-2-3-5-13(12)18/h2-7,10H,8-9,19H2,1H3,(H,20,23)(H,21,22). The van der Waals surface area contributed by atoms with Gasteiger partial charge in [0.2, 0.25) is 5.91 Å². The molecule has 0 saturated carbocycles. The van der Waals surface area contributed by atoms with Crippen molar-refractivity contribution in [1.29, 1.82) is 0 Å². The van der Waals surface area contributed by atoms with Crippen LogP contribution in [0.2, 0.25) is 0 Å². The Balaban J connectivity index is 2.20. The van der Waals surface area contributed by atoms with Gasteiger partial charge in [0.05, 0.1) is 18.4 Å². The summed E-state index contributed by atoms with van der Waals surface area (Å²) in [5.74, 6) is -1.03. The maximum atomic E-state index is 13.6. The van der Waals surface area contributed by atoms with Crippen LogP contribution in [0.1, 0.15) is 16.8 Å². The fraction of sp³-hybridized carbons (Fsp3) is 0.176. The number of rotatable bonds is 6. The SMILES string of the molecule is COc1ccc(NC(=O)c2ccccc2F)cc1NC(=O)CCN. The van der Waals surface area contributed by atoms with Crippen LogP contribution in [0, 0.1) is 5.82 Å². The highest BCUT2D eigenvalue weighted by Crippen LogP contribution is 2.28. The maximum Gasteiger partial charge on any atom is 0.258 e. The molecule has 126 valence electrons. The first kappa shape index (κ1) is 17.4. The number of carbonyl (C=O) groups excluding carboxylic acids is 2. The molecule has 6 nitrogen and oxygen atoms in total. The highest BCUT2D eigenvalue weighted by atomic mass is 19.1.